The maximum atomic E-state index is 13.3. The van der Waals surface area contributed by atoms with E-state index < -0.39 is 68.4 Å². The van der Waals surface area contributed by atoms with Crippen molar-refractivity contribution >= 4 is 27.0 Å². The summed E-state index contributed by atoms with van der Waals surface area (Å²) in [5.74, 6) is 0. The van der Waals surface area contributed by atoms with Crippen LogP contribution in [0.4, 0.5) is 0 Å². The first kappa shape index (κ1) is 32.4. The second-order valence-corrected chi connectivity index (χ2v) is 24.6. The van der Waals surface area contributed by atoms with Crippen LogP contribution in [0.1, 0.15) is 61.1 Å². The lowest BCUT2D eigenvalue weighted by molar-refractivity contribution is -0.114. The molecule has 0 radical (unpaired) electrons. The van der Waals surface area contributed by atoms with Crippen molar-refractivity contribution in [2.75, 3.05) is 6.61 Å². The van der Waals surface area contributed by atoms with Gasteiger partial charge in [-0.15, -0.1) is 0 Å². The van der Waals surface area contributed by atoms with Gasteiger partial charge in [0.15, 0.2) is 22.9 Å². The van der Waals surface area contributed by atoms with Crippen molar-refractivity contribution in [2.24, 2.45) is 7.05 Å². The van der Waals surface area contributed by atoms with Crippen LogP contribution in [0, 0.1) is 0 Å². The van der Waals surface area contributed by atoms with Gasteiger partial charge in [-0.1, -0.05) is 41.5 Å². The maximum absolute atomic E-state index is 13.3. The second kappa shape index (κ2) is 10.3. The van der Waals surface area contributed by atoms with E-state index in [9.17, 15) is 18.0 Å². The average Bonchev–Trinajstić information content (AvgIpc) is 2.99. The zero-order valence-electron chi connectivity index (χ0n) is 25.4. The van der Waals surface area contributed by atoms with Gasteiger partial charge in [0.2, 0.25) is 0 Å². The number of hydrogen-bond donors (Lipinski definition) is 0. The lowest BCUT2D eigenvalue weighted by Crippen LogP contribution is -2.62. The Bertz CT molecular complexity index is 1290. The molecular formula is C25H46N2O9SSi2. The maximum Gasteiger partial charge on any atom is 0.400 e. The molecular weight excluding hydrogens is 561 g/mol. The smallest absolute Gasteiger partial charge is 0.400 e. The lowest BCUT2D eigenvalue weighted by Gasteiger charge is -2.47. The molecule has 2 saturated heterocycles. The first-order valence-electron chi connectivity index (χ1n) is 13.3. The third-order valence-corrected chi connectivity index (χ3v) is 18.9. The molecule has 5 atom stereocenters. The molecule has 0 saturated carbocycles. The van der Waals surface area contributed by atoms with Gasteiger partial charge in [-0.05, 0) is 43.2 Å². The summed E-state index contributed by atoms with van der Waals surface area (Å²) in [6.45, 7) is 22.5. The molecule has 0 unspecified atom stereocenters. The Morgan fingerprint density at radius 2 is 1.62 bits per heavy atom. The molecule has 0 N–H and O–H groups in total. The molecule has 1 spiro atoms. The van der Waals surface area contributed by atoms with E-state index >= 15 is 0 Å². The fourth-order valence-corrected chi connectivity index (χ4v) is 7.85. The first-order chi connectivity index (χ1) is 17.4. The summed E-state index contributed by atoms with van der Waals surface area (Å²) in [5, 5.41) is -0.363. The van der Waals surface area contributed by atoms with E-state index in [1.165, 1.54) is 23.9 Å². The molecule has 1 aromatic heterocycles. The SMILES string of the molecule is C[C@@H]1C[C@]2(OS(=O)(=O)O1)[C@@H](CO[Si](C)(C)C(C)(C)C)O[C@@H](n1ccc(=O)n(C)c1=O)[C@@H]2O[Si](C)(C)C(C)(C)C. The van der Waals surface area contributed by atoms with Crippen molar-refractivity contribution in [3.63, 3.8) is 0 Å². The zero-order valence-corrected chi connectivity index (χ0v) is 28.2. The predicted molar refractivity (Wildman–Crippen MR) is 153 cm³/mol. The Morgan fingerprint density at radius 3 is 2.13 bits per heavy atom. The minimum absolute atomic E-state index is 0.0348. The molecule has 3 rings (SSSR count). The fourth-order valence-electron chi connectivity index (χ4n) is 4.38. The Balaban J connectivity index is 2.24. The summed E-state index contributed by atoms with van der Waals surface area (Å²) in [6, 6.07) is 1.27. The zero-order chi connectivity index (χ0) is 30.0. The van der Waals surface area contributed by atoms with Crippen LogP contribution in [0.2, 0.25) is 36.3 Å². The Hall–Kier alpha value is -1.14. The van der Waals surface area contributed by atoms with E-state index in [2.05, 4.69) is 54.6 Å². The van der Waals surface area contributed by atoms with Crippen LogP contribution in [0.3, 0.4) is 0 Å². The van der Waals surface area contributed by atoms with Gasteiger partial charge in [0.1, 0.15) is 17.8 Å². The minimum Gasteiger partial charge on any atom is -0.414 e. The van der Waals surface area contributed by atoms with Crippen molar-refractivity contribution in [3.8, 4) is 0 Å². The molecule has 224 valence electrons. The molecule has 2 aliphatic rings. The van der Waals surface area contributed by atoms with E-state index in [1.54, 1.807) is 6.92 Å². The highest BCUT2D eigenvalue weighted by Gasteiger charge is 2.66. The Morgan fingerprint density at radius 1 is 1.05 bits per heavy atom. The topological polar surface area (TPSA) is 124 Å². The highest BCUT2D eigenvalue weighted by atomic mass is 32.3. The molecule has 0 bridgehead atoms. The largest absolute Gasteiger partial charge is 0.414 e. The lowest BCUT2D eigenvalue weighted by atomic mass is 9.86. The monoisotopic (exact) mass is 606 g/mol. The van der Waals surface area contributed by atoms with Gasteiger partial charge in [0.05, 0.1) is 12.7 Å². The van der Waals surface area contributed by atoms with E-state index in [0.29, 0.717) is 0 Å². The summed E-state index contributed by atoms with van der Waals surface area (Å²) in [6.07, 6.45) is -2.23. The van der Waals surface area contributed by atoms with Crippen molar-refractivity contribution in [1.82, 2.24) is 9.13 Å². The summed E-state index contributed by atoms with van der Waals surface area (Å²) < 4.78 is 59.1. The van der Waals surface area contributed by atoms with Gasteiger partial charge in [-0.3, -0.25) is 13.9 Å². The van der Waals surface area contributed by atoms with E-state index in [4.69, 9.17) is 22.0 Å². The van der Waals surface area contributed by atoms with Crippen molar-refractivity contribution in [1.29, 1.82) is 0 Å². The third kappa shape index (κ3) is 6.22. The van der Waals surface area contributed by atoms with Crippen molar-refractivity contribution in [3.05, 3.63) is 33.1 Å². The quantitative estimate of drug-likeness (QED) is 0.446. The van der Waals surface area contributed by atoms with Gasteiger partial charge in [-0.25, -0.2) is 13.2 Å². The normalized spacial score (nSPS) is 30.2. The number of aromatic nitrogens is 2. The molecule has 2 aliphatic heterocycles. The van der Waals surface area contributed by atoms with Gasteiger partial charge in [0, 0.05) is 25.7 Å². The Labute approximate surface area is 234 Å². The summed E-state index contributed by atoms with van der Waals surface area (Å²) in [5.41, 5.74) is -2.62. The van der Waals surface area contributed by atoms with Crippen LogP contribution in [0.25, 0.3) is 0 Å². The molecule has 1 aromatic rings. The summed E-state index contributed by atoms with van der Waals surface area (Å²) >= 11 is 0. The van der Waals surface area contributed by atoms with Crippen LogP contribution >= 0.6 is 0 Å². The highest BCUT2D eigenvalue weighted by molar-refractivity contribution is 7.82. The first-order valence-corrected chi connectivity index (χ1v) is 20.5. The van der Waals surface area contributed by atoms with Crippen LogP contribution in [-0.2, 0) is 39.4 Å². The van der Waals surface area contributed by atoms with Crippen LogP contribution in [0.15, 0.2) is 21.9 Å². The molecule has 3 heterocycles. The summed E-state index contributed by atoms with van der Waals surface area (Å²) in [7, 11) is -7.94. The third-order valence-electron chi connectivity index (χ3n) is 8.85. The number of ether oxygens (including phenoxy) is 1. The van der Waals surface area contributed by atoms with Crippen LogP contribution in [0.5, 0.6) is 0 Å². The Kier molecular flexibility index (Phi) is 8.55. The van der Waals surface area contributed by atoms with E-state index in [1.807, 2.05) is 13.1 Å². The van der Waals surface area contributed by atoms with Crippen LogP contribution < -0.4 is 11.2 Å². The summed E-state index contributed by atoms with van der Waals surface area (Å²) in [4.78, 5) is 25.5. The molecule has 0 amide bonds. The van der Waals surface area contributed by atoms with E-state index in [0.717, 1.165) is 4.57 Å². The predicted octanol–water partition coefficient (Wildman–Crippen LogP) is 3.67. The van der Waals surface area contributed by atoms with E-state index in [-0.39, 0.29) is 23.1 Å². The van der Waals surface area contributed by atoms with Crippen molar-refractivity contribution < 1.29 is 30.4 Å². The van der Waals surface area contributed by atoms with Gasteiger partial charge in [-0.2, -0.15) is 8.42 Å². The van der Waals surface area contributed by atoms with Gasteiger partial charge >= 0.3 is 16.1 Å². The van der Waals surface area contributed by atoms with Crippen molar-refractivity contribution in [2.45, 2.75) is 121 Å². The van der Waals surface area contributed by atoms with Gasteiger partial charge in [0.25, 0.3) is 5.56 Å². The standard InChI is InChI=1S/C25H46N2O9SSi2/c1-17-15-25(36-37(30,31)34-17)18(16-32-38(9,10)23(2,3)4)33-21(20(25)35-39(11,12)24(5,6)7)27-14-13-19(28)26(8)22(27)29/h13-14,17-18,20-21H,15-16H2,1-12H3/t17-,18-,20+,21-,25+/m1/s1. The molecule has 11 nitrogen and oxygen atoms in total. The number of rotatable bonds is 6. The molecule has 39 heavy (non-hydrogen) atoms. The average molecular weight is 607 g/mol. The number of hydrogen-bond acceptors (Lipinski definition) is 9. The minimum atomic E-state index is -4.42. The molecule has 2 fully saturated rings. The molecule has 14 heteroatoms. The second-order valence-electron chi connectivity index (χ2n) is 13.8. The fraction of sp³-hybridized carbons (Fsp3) is 0.840. The molecule has 0 aromatic carbocycles. The highest BCUT2D eigenvalue weighted by Crippen LogP contribution is 2.51. The molecule has 0 aliphatic carbocycles. The van der Waals surface area contributed by atoms with Crippen LogP contribution in [-0.4, -0.2) is 64.7 Å². The number of nitrogens with zero attached hydrogens (tertiary/aromatic N) is 2. The van der Waals surface area contributed by atoms with Gasteiger partial charge < -0.3 is 13.6 Å².